The van der Waals surface area contributed by atoms with Gasteiger partial charge in [-0.2, -0.15) is 0 Å². The third-order valence-corrected chi connectivity index (χ3v) is 6.16. The van der Waals surface area contributed by atoms with E-state index in [0.717, 1.165) is 36.8 Å². The van der Waals surface area contributed by atoms with E-state index < -0.39 is 5.82 Å². The van der Waals surface area contributed by atoms with Crippen LogP contribution in [0.3, 0.4) is 0 Å². The van der Waals surface area contributed by atoms with Crippen molar-refractivity contribution in [3.8, 4) is 5.75 Å². The number of hydrogen-bond acceptors (Lipinski definition) is 5. The number of amidine groups is 1. The van der Waals surface area contributed by atoms with Gasteiger partial charge in [0.15, 0.2) is 5.17 Å². The standard InChI is InChI=1S/C20H28FN3O2S/c1-14-11-23(12-15-3-4-15)7-8-24(14)20(22-2)27-18(13-25)9-16-5-6-17(21)10-19(16)26/h5-6,9-10,14-15,25-26H,3-4,7-8,11-13H2,1-2H3/b18-9-,22-20-/t14-/m0/s1. The summed E-state index contributed by atoms with van der Waals surface area (Å²) in [6.45, 7) is 6.20. The third-order valence-electron chi connectivity index (χ3n) is 5.05. The molecule has 0 spiro atoms. The fraction of sp³-hybridized carbons (Fsp3) is 0.550. The van der Waals surface area contributed by atoms with E-state index in [-0.39, 0.29) is 12.4 Å². The van der Waals surface area contributed by atoms with Crippen molar-refractivity contribution in [3.05, 3.63) is 34.5 Å². The minimum atomic E-state index is -0.489. The number of benzene rings is 1. The molecule has 1 saturated heterocycles. The summed E-state index contributed by atoms with van der Waals surface area (Å²) in [6.07, 6.45) is 4.42. The number of phenolic OH excluding ortho intramolecular Hbond substituents is 1. The molecule has 5 nitrogen and oxygen atoms in total. The average Bonchev–Trinajstić information content (AvgIpc) is 3.45. The first-order chi connectivity index (χ1) is 13.0. The zero-order valence-corrected chi connectivity index (χ0v) is 16.8. The quantitative estimate of drug-likeness (QED) is 0.595. The maximum Gasteiger partial charge on any atom is 0.163 e. The van der Waals surface area contributed by atoms with Gasteiger partial charge in [0.1, 0.15) is 11.6 Å². The molecule has 1 saturated carbocycles. The van der Waals surface area contributed by atoms with Crippen LogP contribution in [0.15, 0.2) is 28.1 Å². The first kappa shape index (κ1) is 20.2. The van der Waals surface area contributed by atoms with Crippen molar-refractivity contribution in [1.29, 1.82) is 0 Å². The lowest BCUT2D eigenvalue weighted by molar-refractivity contribution is 0.134. The van der Waals surface area contributed by atoms with Crippen LogP contribution in [0.2, 0.25) is 0 Å². The van der Waals surface area contributed by atoms with Gasteiger partial charge in [-0.05, 0) is 43.9 Å². The van der Waals surface area contributed by atoms with E-state index >= 15 is 0 Å². The van der Waals surface area contributed by atoms with Gasteiger partial charge in [-0.25, -0.2) is 4.39 Å². The minimum Gasteiger partial charge on any atom is -0.507 e. The topological polar surface area (TPSA) is 59.3 Å². The third kappa shape index (κ3) is 5.46. The summed E-state index contributed by atoms with van der Waals surface area (Å²) in [6, 6.07) is 4.22. The number of aliphatic hydroxyl groups excluding tert-OH is 1. The number of phenols is 1. The van der Waals surface area contributed by atoms with Gasteiger partial charge in [0.25, 0.3) is 0 Å². The molecule has 1 aliphatic carbocycles. The van der Waals surface area contributed by atoms with Crippen LogP contribution in [-0.4, -0.2) is 71.1 Å². The lowest BCUT2D eigenvalue weighted by atomic mass is 10.2. The predicted octanol–water partition coefficient (Wildman–Crippen LogP) is 3.00. The molecule has 1 atom stereocenters. The van der Waals surface area contributed by atoms with Crippen LogP contribution in [0, 0.1) is 11.7 Å². The molecular formula is C20H28FN3O2S. The first-order valence-electron chi connectivity index (χ1n) is 9.43. The van der Waals surface area contributed by atoms with Crippen molar-refractivity contribution in [2.75, 3.05) is 39.8 Å². The Hall–Kier alpha value is -1.57. The van der Waals surface area contributed by atoms with Crippen LogP contribution in [-0.2, 0) is 0 Å². The Morgan fingerprint density at radius 1 is 1.37 bits per heavy atom. The predicted molar refractivity (Wildman–Crippen MR) is 109 cm³/mol. The highest BCUT2D eigenvalue weighted by molar-refractivity contribution is 8.17. The molecule has 1 aliphatic heterocycles. The maximum atomic E-state index is 13.2. The maximum absolute atomic E-state index is 13.2. The van der Waals surface area contributed by atoms with Gasteiger partial charge in [0, 0.05) is 55.8 Å². The van der Waals surface area contributed by atoms with Gasteiger partial charge in [-0.3, -0.25) is 9.89 Å². The lowest BCUT2D eigenvalue weighted by Gasteiger charge is -2.41. The fourth-order valence-electron chi connectivity index (χ4n) is 3.42. The Labute approximate surface area is 164 Å². The highest BCUT2D eigenvalue weighted by Gasteiger charge is 2.30. The fourth-order valence-corrected chi connectivity index (χ4v) is 4.38. The molecule has 1 aromatic rings. The molecular weight excluding hydrogens is 365 g/mol. The summed E-state index contributed by atoms with van der Waals surface area (Å²) in [7, 11) is 1.76. The Bertz CT molecular complexity index is 721. The van der Waals surface area contributed by atoms with Gasteiger partial charge in [-0.15, -0.1) is 0 Å². The molecule has 2 fully saturated rings. The lowest BCUT2D eigenvalue weighted by Crippen LogP contribution is -2.53. The molecule has 1 heterocycles. The summed E-state index contributed by atoms with van der Waals surface area (Å²) in [5, 5.41) is 20.5. The summed E-state index contributed by atoms with van der Waals surface area (Å²) >= 11 is 1.40. The number of piperazine rings is 1. The molecule has 2 aliphatic rings. The molecule has 0 amide bonds. The van der Waals surface area contributed by atoms with Crippen molar-refractivity contribution < 1.29 is 14.6 Å². The van der Waals surface area contributed by atoms with Crippen molar-refractivity contribution in [1.82, 2.24) is 9.80 Å². The van der Waals surface area contributed by atoms with E-state index in [2.05, 4.69) is 21.7 Å². The van der Waals surface area contributed by atoms with E-state index in [1.54, 1.807) is 13.1 Å². The van der Waals surface area contributed by atoms with Crippen LogP contribution >= 0.6 is 11.8 Å². The van der Waals surface area contributed by atoms with Gasteiger partial charge in [0.2, 0.25) is 0 Å². The van der Waals surface area contributed by atoms with Crippen LogP contribution < -0.4 is 0 Å². The summed E-state index contributed by atoms with van der Waals surface area (Å²) in [5.41, 5.74) is 0.478. The first-order valence-corrected chi connectivity index (χ1v) is 10.3. The van der Waals surface area contributed by atoms with E-state index in [9.17, 15) is 14.6 Å². The zero-order valence-electron chi connectivity index (χ0n) is 15.9. The zero-order chi connectivity index (χ0) is 19.4. The van der Waals surface area contributed by atoms with Crippen molar-refractivity contribution in [2.24, 2.45) is 10.9 Å². The smallest absolute Gasteiger partial charge is 0.163 e. The minimum absolute atomic E-state index is 0.140. The highest BCUT2D eigenvalue weighted by Crippen LogP contribution is 2.31. The number of halogens is 1. The number of aliphatic hydroxyl groups is 1. The normalized spacial score (nSPS) is 22.4. The summed E-state index contributed by atoms with van der Waals surface area (Å²) in [5.74, 6) is 0.264. The SMILES string of the molecule is C/N=C(\S/C(=C\c1ccc(F)cc1O)CO)N1CCN(CC2CC2)C[C@@H]1C. The van der Waals surface area contributed by atoms with E-state index in [4.69, 9.17) is 0 Å². The second-order valence-electron chi connectivity index (χ2n) is 7.33. The molecule has 0 bridgehead atoms. The largest absolute Gasteiger partial charge is 0.507 e. The summed E-state index contributed by atoms with van der Waals surface area (Å²) in [4.78, 5) is 9.91. The monoisotopic (exact) mass is 393 g/mol. The van der Waals surface area contributed by atoms with Crippen molar-refractivity contribution in [3.63, 3.8) is 0 Å². The van der Waals surface area contributed by atoms with E-state index in [0.29, 0.717) is 16.5 Å². The average molecular weight is 394 g/mol. The van der Waals surface area contributed by atoms with Crippen LogP contribution in [0.25, 0.3) is 6.08 Å². The molecule has 2 N–H and O–H groups in total. The van der Waals surface area contributed by atoms with Gasteiger partial charge >= 0.3 is 0 Å². The van der Waals surface area contributed by atoms with Gasteiger partial charge in [-0.1, -0.05) is 11.8 Å². The van der Waals surface area contributed by atoms with Crippen LogP contribution in [0.1, 0.15) is 25.3 Å². The number of aliphatic imine (C=N–C) groups is 1. The Morgan fingerprint density at radius 3 is 2.74 bits per heavy atom. The molecule has 148 valence electrons. The number of rotatable bonds is 5. The molecule has 3 rings (SSSR count). The Balaban J connectivity index is 1.66. The number of aromatic hydroxyl groups is 1. The molecule has 0 radical (unpaired) electrons. The highest BCUT2D eigenvalue weighted by atomic mass is 32.2. The van der Waals surface area contributed by atoms with Gasteiger partial charge in [0.05, 0.1) is 6.61 Å². The summed E-state index contributed by atoms with van der Waals surface area (Å²) < 4.78 is 13.2. The molecule has 0 unspecified atom stereocenters. The Morgan fingerprint density at radius 2 is 2.15 bits per heavy atom. The molecule has 1 aromatic carbocycles. The van der Waals surface area contributed by atoms with E-state index in [1.165, 1.54) is 43.3 Å². The van der Waals surface area contributed by atoms with Crippen LogP contribution in [0.4, 0.5) is 4.39 Å². The second kappa shape index (κ2) is 9.08. The van der Waals surface area contributed by atoms with Crippen LogP contribution in [0.5, 0.6) is 5.75 Å². The van der Waals surface area contributed by atoms with Crippen molar-refractivity contribution >= 4 is 23.0 Å². The van der Waals surface area contributed by atoms with E-state index in [1.807, 2.05) is 0 Å². The molecule has 7 heteroatoms. The van der Waals surface area contributed by atoms with Gasteiger partial charge < -0.3 is 15.1 Å². The number of nitrogens with zero attached hydrogens (tertiary/aromatic N) is 3. The number of hydrogen-bond donors (Lipinski definition) is 2. The molecule has 27 heavy (non-hydrogen) atoms. The molecule has 0 aromatic heterocycles. The second-order valence-corrected chi connectivity index (χ2v) is 8.42. The van der Waals surface area contributed by atoms with Crippen molar-refractivity contribution in [2.45, 2.75) is 25.8 Å². The Kier molecular flexibility index (Phi) is 6.78. The number of thioether (sulfide) groups is 1.